The molecule has 2 N–H and O–H groups in total. The Kier molecular flexibility index (Phi) is 3.64. The molecular weight excluding hydrogens is 232 g/mol. The lowest BCUT2D eigenvalue weighted by molar-refractivity contribution is 0.112. The zero-order valence-electron chi connectivity index (χ0n) is 10.7. The number of likely N-dealkylation sites (tertiary alicyclic amines) is 1. The van der Waals surface area contributed by atoms with Crippen molar-refractivity contribution in [2.75, 3.05) is 18.8 Å². The van der Waals surface area contributed by atoms with Crippen LogP contribution in [0.5, 0.6) is 0 Å². The van der Waals surface area contributed by atoms with Gasteiger partial charge >= 0.3 is 0 Å². The molecule has 94 valence electrons. The van der Waals surface area contributed by atoms with Crippen LogP contribution in [0.2, 0.25) is 5.02 Å². The van der Waals surface area contributed by atoms with Crippen LogP contribution >= 0.6 is 11.6 Å². The van der Waals surface area contributed by atoms with E-state index in [1.165, 1.54) is 12.8 Å². The fraction of sp³-hybridized carbons (Fsp3) is 0.571. The van der Waals surface area contributed by atoms with Gasteiger partial charge in [0, 0.05) is 29.4 Å². The predicted molar refractivity (Wildman–Crippen MR) is 74.2 cm³/mol. The predicted octanol–water partition coefficient (Wildman–Crippen LogP) is 3.54. The van der Waals surface area contributed by atoms with Crippen molar-refractivity contribution in [1.29, 1.82) is 0 Å². The van der Waals surface area contributed by atoms with Crippen molar-refractivity contribution in [3.05, 3.63) is 28.8 Å². The summed E-state index contributed by atoms with van der Waals surface area (Å²) in [6.45, 7) is 7.80. The third kappa shape index (κ3) is 3.14. The molecule has 2 rings (SSSR count). The van der Waals surface area contributed by atoms with Crippen LogP contribution in [-0.4, -0.2) is 18.0 Å². The fourth-order valence-electron chi connectivity index (χ4n) is 2.65. The van der Waals surface area contributed by atoms with E-state index < -0.39 is 0 Å². The quantitative estimate of drug-likeness (QED) is 0.816. The summed E-state index contributed by atoms with van der Waals surface area (Å²) in [5, 5.41) is 0.786. The van der Waals surface area contributed by atoms with Crippen molar-refractivity contribution in [3.63, 3.8) is 0 Å². The van der Waals surface area contributed by atoms with Crippen LogP contribution < -0.4 is 5.73 Å². The van der Waals surface area contributed by atoms with Gasteiger partial charge < -0.3 is 5.73 Å². The molecule has 1 aromatic carbocycles. The molecule has 1 fully saturated rings. The van der Waals surface area contributed by atoms with E-state index in [9.17, 15) is 0 Å². The Hall–Kier alpha value is -0.730. The van der Waals surface area contributed by atoms with E-state index in [0.717, 1.165) is 35.9 Å². The molecule has 1 heterocycles. The summed E-state index contributed by atoms with van der Waals surface area (Å²) < 4.78 is 0. The Morgan fingerprint density at radius 1 is 1.41 bits per heavy atom. The van der Waals surface area contributed by atoms with E-state index in [4.69, 9.17) is 17.3 Å². The molecule has 0 radical (unpaired) electrons. The molecule has 1 aromatic rings. The van der Waals surface area contributed by atoms with Gasteiger partial charge in [-0.2, -0.15) is 0 Å². The lowest BCUT2D eigenvalue weighted by Gasteiger charge is -2.38. The van der Waals surface area contributed by atoms with E-state index in [1.807, 2.05) is 18.2 Å². The van der Waals surface area contributed by atoms with Gasteiger partial charge in [-0.05, 0) is 36.9 Å². The molecule has 17 heavy (non-hydrogen) atoms. The van der Waals surface area contributed by atoms with Gasteiger partial charge in [0.05, 0.1) is 0 Å². The van der Waals surface area contributed by atoms with Crippen LogP contribution in [0.25, 0.3) is 0 Å². The van der Waals surface area contributed by atoms with Gasteiger partial charge in [0.15, 0.2) is 0 Å². The van der Waals surface area contributed by atoms with Crippen molar-refractivity contribution >= 4 is 17.3 Å². The summed E-state index contributed by atoms with van der Waals surface area (Å²) >= 11 is 6.21. The number of nitrogens with two attached hydrogens (primary N) is 1. The summed E-state index contributed by atoms with van der Waals surface area (Å²) in [5.41, 5.74) is 8.29. The second-order valence-corrected chi connectivity index (χ2v) is 6.19. The molecule has 0 saturated carbocycles. The highest BCUT2D eigenvalue weighted by Crippen LogP contribution is 2.31. The topological polar surface area (TPSA) is 29.3 Å². The summed E-state index contributed by atoms with van der Waals surface area (Å²) in [7, 11) is 0. The van der Waals surface area contributed by atoms with Crippen molar-refractivity contribution in [1.82, 2.24) is 4.90 Å². The highest BCUT2D eigenvalue weighted by Gasteiger charge is 2.26. The van der Waals surface area contributed by atoms with Crippen LogP contribution in [0.1, 0.15) is 32.3 Å². The standard InChI is InChI=1S/C14H21ClN2/c1-14(2)7-4-8-17(10-14)9-11-12(15)5-3-6-13(11)16/h3,5-6H,4,7-10,16H2,1-2H3. The molecule has 0 aliphatic carbocycles. The average molecular weight is 253 g/mol. The van der Waals surface area contributed by atoms with Crippen LogP contribution in [-0.2, 0) is 6.54 Å². The van der Waals surface area contributed by atoms with Gasteiger partial charge in [-0.25, -0.2) is 0 Å². The Bertz CT molecular complexity index is 381. The SMILES string of the molecule is CC1(C)CCCN(Cc2c(N)cccc2Cl)C1. The highest BCUT2D eigenvalue weighted by molar-refractivity contribution is 6.31. The third-order valence-electron chi connectivity index (χ3n) is 3.52. The van der Waals surface area contributed by atoms with E-state index in [0.29, 0.717) is 5.41 Å². The molecule has 0 atom stereocenters. The zero-order chi connectivity index (χ0) is 12.5. The molecule has 0 amide bonds. The van der Waals surface area contributed by atoms with E-state index in [2.05, 4.69) is 18.7 Å². The number of benzene rings is 1. The van der Waals surface area contributed by atoms with E-state index in [-0.39, 0.29) is 0 Å². The average Bonchev–Trinajstić information content (AvgIpc) is 2.22. The first-order chi connectivity index (χ1) is 7.98. The number of hydrogen-bond donors (Lipinski definition) is 1. The van der Waals surface area contributed by atoms with Crippen LogP contribution in [0.4, 0.5) is 5.69 Å². The Morgan fingerprint density at radius 3 is 2.82 bits per heavy atom. The molecule has 0 spiro atoms. The first kappa shape index (κ1) is 12.7. The maximum absolute atomic E-state index is 6.21. The van der Waals surface area contributed by atoms with Crippen LogP contribution in [0.15, 0.2) is 18.2 Å². The van der Waals surface area contributed by atoms with Crippen molar-refractivity contribution in [2.24, 2.45) is 5.41 Å². The van der Waals surface area contributed by atoms with Gasteiger partial charge in [0.25, 0.3) is 0 Å². The zero-order valence-corrected chi connectivity index (χ0v) is 11.4. The first-order valence-corrected chi connectivity index (χ1v) is 6.61. The second-order valence-electron chi connectivity index (χ2n) is 5.79. The van der Waals surface area contributed by atoms with Gasteiger partial charge in [-0.3, -0.25) is 4.90 Å². The minimum atomic E-state index is 0.411. The number of halogens is 1. The number of piperidine rings is 1. The molecular formula is C14H21ClN2. The maximum Gasteiger partial charge on any atom is 0.0471 e. The number of nitrogens with zero attached hydrogens (tertiary/aromatic N) is 1. The fourth-order valence-corrected chi connectivity index (χ4v) is 2.89. The van der Waals surface area contributed by atoms with Crippen molar-refractivity contribution in [2.45, 2.75) is 33.2 Å². The summed E-state index contributed by atoms with van der Waals surface area (Å²) in [5.74, 6) is 0. The Labute approximate surface area is 109 Å². The van der Waals surface area contributed by atoms with Crippen LogP contribution in [0.3, 0.4) is 0 Å². The van der Waals surface area contributed by atoms with Crippen molar-refractivity contribution in [3.8, 4) is 0 Å². The Morgan fingerprint density at radius 2 is 2.18 bits per heavy atom. The highest BCUT2D eigenvalue weighted by atomic mass is 35.5. The Balaban J connectivity index is 2.10. The van der Waals surface area contributed by atoms with Gasteiger partial charge in [0.2, 0.25) is 0 Å². The molecule has 0 bridgehead atoms. The van der Waals surface area contributed by atoms with E-state index >= 15 is 0 Å². The maximum atomic E-state index is 6.21. The second kappa shape index (κ2) is 4.87. The minimum absolute atomic E-state index is 0.411. The summed E-state index contributed by atoms with van der Waals surface area (Å²) in [6.07, 6.45) is 2.57. The molecule has 2 nitrogen and oxygen atoms in total. The monoisotopic (exact) mass is 252 g/mol. The number of rotatable bonds is 2. The van der Waals surface area contributed by atoms with Crippen molar-refractivity contribution < 1.29 is 0 Å². The lowest BCUT2D eigenvalue weighted by Crippen LogP contribution is -2.39. The normalized spacial score (nSPS) is 20.4. The third-order valence-corrected chi connectivity index (χ3v) is 3.87. The summed E-state index contributed by atoms with van der Waals surface area (Å²) in [6, 6.07) is 5.75. The molecule has 1 aliphatic rings. The van der Waals surface area contributed by atoms with Gasteiger partial charge in [-0.1, -0.05) is 31.5 Å². The van der Waals surface area contributed by atoms with Gasteiger partial charge in [0.1, 0.15) is 0 Å². The van der Waals surface area contributed by atoms with Crippen LogP contribution in [0, 0.1) is 5.41 Å². The lowest BCUT2D eigenvalue weighted by atomic mass is 9.84. The number of hydrogen-bond acceptors (Lipinski definition) is 2. The molecule has 0 unspecified atom stereocenters. The first-order valence-electron chi connectivity index (χ1n) is 6.23. The molecule has 0 aromatic heterocycles. The molecule has 3 heteroatoms. The summed E-state index contributed by atoms with van der Waals surface area (Å²) in [4.78, 5) is 2.46. The largest absolute Gasteiger partial charge is 0.398 e. The molecule has 1 aliphatic heterocycles. The van der Waals surface area contributed by atoms with E-state index in [1.54, 1.807) is 0 Å². The number of nitrogen functional groups attached to an aromatic ring is 1. The number of anilines is 1. The minimum Gasteiger partial charge on any atom is -0.398 e. The smallest absolute Gasteiger partial charge is 0.0471 e. The van der Waals surface area contributed by atoms with Gasteiger partial charge in [-0.15, -0.1) is 0 Å². The molecule has 1 saturated heterocycles.